The highest BCUT2D eigenvalue weighted by Crippen LogP contribution is 2.49. The predicted octanol–water partition coefficient (Wildman–Crippen LogP) is 5.58. The molecule has 35 heavy (non-hydrogen) atoms. The van der Waals surface area contributed by atoms with Gasteiger partial charge in [-0.1, -0.05) is 6.92 Å². The van der Waals surface area contributed by atoms with Gasteiger partial charge in [-0.2, -0.15) is 5.10 Å². The van der Waals surface area contributed by atoms with Crippen LogP contribution in [0.15, 0.2) is 48.7 Å². The minimum absolute atomic E-state index is 0.00885. The number of hydrogen-bond donors (Lipinski definition) is 3. The van der Waals surface area contributed by atoms with E-state index < -0.39 is 5.57 Å². The summed E-state index contributed by atoms with van der Waals surface area (Å²) in [6.45, 7) is 6.22. The fourth-order valence-electron chi connectivity index (χ4n) is 4.83. The molecule has 0 fully saturated rings. The second-order valence-corrected chi connectivity index (χ2v) is 9.16. The lowest BCUT2D eigenvalue weighted by Gasteiger charge is -2.33. The van der Waals surface area contributed by atoms with Crippen molar-refractivity contribution in [2.45, 2.75) is 50.8 Å². The molecule has 1 amide bonds. The van der Waals surface area contributed by atoms with Gasteiger partial charge in [-0.3, -0.25) is 9.89 Å². The van der Waals surface area contributed by atoms with Gasteiger partial charge in [0.25, 0.3) is 5.91 Å². The maximum absolute atomic E-state index is 13.2. The highest BCUT2D eigenvalue weighted by atomic mass is 35.5. The van der Waals surface area contributed by atoms with E-state index in [1.807, 2.05) is 12.1 Å². The number of rotatable bonds is 8. The second kappa shape index (κ2) is 9.83. The van der Waals surface area contributed by atoms with Crippen molar-refractivity contribution >= 4 is 28.9 Å². The van der Waals surface area contributed by atoms with Crippen LogP contribution in [0.2, 0.25) is 0 Å². The Hall–Kier alpha value is -3.17. The molecule has 2 atom stereocenters. The molecule has 3 aromatic rings. The Morgan fingerprint density at radius 1 is 1.29 bits per heavy atom. The van der Waals surface area contributed by atoms with E-state index in [0.29, 0.717) is 11.3 Å². The van der Waals surface area contributed by atoms with Gasteiger partial charge in [0.05, 0.1) is 24.0 Å². The van der Waals surface area contributed by atoms with E-state index in [2.05, 4.69) is 45.9 Å². The zero-order valence-electron chi connectivity index (χ0n) is 19.6. The standard InChI is InChI=1S/C25H27ClF2N4O3/c1-4-18-19-11-15(24(34)30-16-5-7-17(8-6-16)35-25(26,27)28)12-20(21-9-10-29-31-21)23(19)32(14(2)3)22(18)13-33/h5-12,14,18,22,33H,4,13H2,1-3H3,(H,29,31)(H,30,34). The molecule has 1 aromatic heterocycles. The van der Waals surface area contributed by atoms with Gasteiger partial charge >= 0.3 is 5.57 Å². The zero-order chi connectivity index (χ0) is 25.3. The lowest BCUT2D eigenvalue weighted by Crippen LogP contribution is -2.41. The maximum atomic E-state index is 13.2. The number of fused-ring (bicyclic) bond motifs is 1. The fourth-order valence-corrected chi connectivity index (χ4v) is 4.92. The van der Waals surface area contributed by atoms with E-state index in [0.717, 1.165) is 28.9 Å². The van der Waals surface area contributed by atoms with Crippen LogP contribution < -0.4 is 15.0 Å². The first-order valence-electron chi connectivity index (χ1n) is 11.4. The van der Waals surface area contributed by atoms with E-state index in [4.69, 9.17) is 11.6 Å². The van der Waals surface area contributed by atoms with Crippen LogP contribution in [0.4, 0.5) is 20.2 Å². The Kier molecular flexibility index (Phi) is 7.00. The topological polar surface area (TPSA) is 90.5 Å². The number of H-pyrrole nitrogens is 1. The van der Waals surface area contributed by atoms with Crippen LogP contribution in [-0.4, -0.2) is 45.5 Å². The molecule has 10 heteroatoms. The number of amides is 1. The first-order valence-corrected chi connectivity index (χ1v) is 11.7. The first kappa shape index (κ1) is 24.9. The van der Waals surface area contributed by atoms with Gasteiger partial charge in [0.1, 0.15) is 5.75 Å². The third-order valence-electron chi connectivity index (χ3n) is 6.20. The van der Waals surface area contributed by atoms with Crippen molar-refractivity contribution in [3.8, 4) is 17.0 Å². The molecule has 2 aromatic carbocycles. The largest absolute Gasteiger partial charge is 0.487 e. The summed E-state index contributed by atoms with van der Waals surface area (Å²) >= 11 is 4.80. The number of aliphatic hydroxyl groups is 1. The summed E-state index contributed by atoms with van der Waals surface area (Å²) in [5.41, 5.74) is 0.583. The molecular formula is C25H27ClF2N4O3. The average molecular weight is 505 g/mol. The first-order chi connectivity index (χ1) is 16.6. The highest BCUT2D eigenvalue weighted by Gasteiger charge is 2.40. The van der Waals surface area contributed by atoms with Crippen LogP contribution in [0.1, 0.15) is 49.0 Å². The molecule has 3 N–H and O–H groups in total. The number of benzene rings is 2. The number of ether oxygens (including phenoxy) is 1. The fraction of sp³-hybridized carbons (Fsp3) is 0.360. The lowest BCUT2D eigenvalue weighted by molar-refractivity contribution is -0.0964. The van der Waals surface area contributed by atoms with Gasteiger partial charge in [0.15, 0.2) is 0 Å². The van der Waals surface area contributed by atoms with E-state index in [-0.39, 0.29) is 36.3 Å². The summed E-state index contributed by atoms with van der Waals surface area (Å²) in [6, 6.07) is 11.0. The number of hydrogen-bond acceptors (Lipinski definition) is 5. The SMILES string of the molecule is CCC1c2cc(C(=O)Nc3ccc(OC(F)(F)Cl)cc3)cc(-c3ccn[nH]3)c2N(C(C)C)C1CO. The number of carbonyl (C=O) groups is 1. The summed E-state index contributed by atoms with van der Waals surface area (Å²) < 4.78 is 30.0. The van der Waals surface area contributed by atoms with Crippen LogP contribution in [0.3, 0.4) is 0 Å². The summed E-state index contributed by atoms with van der Waals surface area (Å²) in [5, 5.41) is 20.1. The average Bonchev–Trinajstić information content (AvgIpc) is 3.44. The third kappa shape index (κ3) is 5.11. The number of halogens is 3. The van der Waals surface area contributed by atoms with E-state index in [1.165, 1.54) is 24.3 Å². The highest BCUT2D eigenvalue weighted by molar-refractivity contribution is 6.20. The monoisotopic (exact) mass is 504 g/mol. The van der Waals surface area contributed by atoms with E-state index >= 15 is 0 Å². The molecule has 2 unspecified atom stereocenters. The number of aromatic amines is 1. The van der Waals surface area contributed by atoms with Crippen molar-refractivity contribution in [1.29, 1.82) is 0 Å². The van der Waals surface area contributed by atoms with Crippen LogP contribution in [0, 0.1) is 0 Å². The van der Waals surface area contributed by atoms with Gasteiger partial charge < -0.3 is 20.1 Å². The molecule has 7 nitrogen and oxygen atoms in total. The van der Waals surface area contributed by atoms with Gasteiger partial charge in [0, 0.05) is 46.6 Å². The minimum atomic E-state index is -3.82. The van der Waals surface area contributed by atoms with Crippen molar-refractivity contribution in [3.05, 3.63) is 59.8 Å². The number of aliphatic hydroxyl groups excluding tert-OH is 1. The number of anilines is 2. The number of alkyl halides is 3. The van der Waals surface area contributed by atoms with Crippen LogP contribution in [0.5, 0.6) is 5.75 Å². The Bertz CT molecular complexity index is 1180. The number of carbonyl (C=O) groups excluding carboxylic acids is 1. The zero-order valence-corrected chi connectivity index (χ0v) is 20.3. The molecule has 0 radical (unpaired) electrons. The molecule has 0 spiro atoms. The molecule has 0 aliphatic carbocycles. The van der Waals surface area contributed by atoms with Gasteiger partial charge in [-0.25, -0.2) is 0 Å². The van der Waals surface area contributed by atoms with Gasteiger partial charge in [-0.05, 0) is 68.3 Å². The lowest BCUT2D eigenvalue weighted by atomic mass is 9.90. The quantitative estimate of drug-likeness (QED) is 0.348. The normalized spacial score (nSPS) is 17.5. The predicted molar refractivity (Wildman–Crippen MR) is 131 cm³/mol. The number of aromatic nitrogens is 2. The number of nitrogens with zero attached hydrogens (tertiary/aromatic N) is 2. The Labute approximate surface area is 207 Å². The smallest absolute Gasteiger partial charge is 0.420 e. The van der Waals surface area contributed by atoms with Crippen LogP contribution in [0.25, 0.3) is 11.3 Å². The third-order valence-corrected chi connectivity index (χ3v) is 6.28. The molecule has 1 aliphatic rings. The molecule has 2 heterocycles. The minimum Gasteiger partial charge on any atom is -0.420 e. The molecule has 186 valence electrons. The molecule has 1 aliphatic heterocycles. The van der Waals surface area contributed by atoms with E-state index in [9.17, 15) is 18.7 Å². The summed E-state index contributed by atoms with van der Waals surface area (Å²) in [4.78, 5) is 15.5. The van der Waals surface area contributed by atoms with Gasteiger partial charge in [-0.15, -0.1) is 8.78 Å². The molecular weight excluding hydrogens is 478 g/mol. The Morgan fingerprint density at radius 3 is 2.54 bits per heavy atom. The molecule has 0 saturated carbocycles. The summed E-state index contributed by atoms with van der Waals surface area (Å²) in [7, 11) is 0. The Morgan fingerprint density at radius 2 is 2.00 bits per heavy atom. The van der Waals surface area contributed by atoms with Crippen molar-refractivity contribution in [2.75, 3.05) is 16.8 Å². The van der Waals surface area contributed by atoms with Gasteiger partial charge in [0.2, 0.25) is 0 Å². The molecule has 0 bridgehead atoms. The summed E-state index contributed by atoms with van der Waals surface area (Å²) in [6.07, 6.45) is 2.44. The van der Waals surface area contributed by atoms with Crippen molar-refractivity contribution in [2.24, 2.45) is 0 Å². The van der Waals surface area contributed by atoms with Crippen molar-refractivity contribution in [1.82, 2.24) is 10.2 Å². The maximum Gasteiger partial charge on any atom is 0.487 e. The molecule has 4 rings (SSSR count). The Balaban J connectivity index is 1.72. The van der Waals surface area contributed by atoms with Crippen LogP contribution >= 0.6 is 11.6 Å². The van der Waals surface area contributed by atoms with E-state index in [1.54, 1.807) is 12.3 Å². The van der Waals surface area contributed by atoms with Crippen LogP contribution in [-0.2, 0) is 0 Å². The van der Waals surface area contributed by atoms with Crippen molar-refractivity contribution < 1.29 is 23.4 Å². The summed E-state index contributed by atoms with van der Waals surface area (Å²) in [5.74, 6) is -0.444. The molecule has 0 saturated heterocycles. The number of nitrogens with one attached hydrogen (secondary N) is 2. The second-order valence-electron chi connectivity index (χ2n) is 8.72. The van der Waals surface area contributed by atoms with Crippen molar-refractivity contribution in [3.63, 3.8) is 0 Å².